The Labute approximate surface area is 195 Å². The summed E-state index contributed by atoms with van der Waals surface area (Å²) in [6.45, 7) is 3.92. The highest BCUT2D eigenvalue weighted by molar-refractivity contribution is 6.32. The van der Waals surface area contributed by atoms with Crippen LogP contribution in [0.2, 0.25) is 5.02 Å². The molecule has 2 aromatic heterocycles. The molecule has 170 valence electrons. The van der Waals surface area contributed by atoms with Crippen LogP contribution in [0.5, 0.6) is 17.4 Å². The number of benzene rings is 1. The number of carbonyl (C=O) groups is 2. The number of pyridine rings is 1. The maximum atomic E-state index is 12.8. The standard InChI is InChI=1S/C23H22ClN5O4/c1-2-8-32-17-9-15(21(30)28-20-14-25-4-5-26-20)10-18(12-17)33-22-19(24)11-16(13-27-22)23(31)29-6-3-7-29/h4-5,9-14H,2-3,6-8H2,1H3,(H,26,28,30). The minimum atomic E-state index is -0.406. The molecule has 0 unspecified atom stereocenters. The van der Waals surface area contributed by atoms with Gasteiger partial charge in [0.15, 0.2) is 5.82 Å². The Kier molecular flexibility index (Phi) is 6.99. The third-order valence-electron chi connectivity index (χ3n) is 4.83. The number of carbonyl (C=O) groups excluding carboxylic acids is 2. The number of anilines is 1. The molecular formula is C23H22ClN5O4. The molecule has 0 radical (unpaired) electrons. The molecule has 1 aromatic carbocycles. The van der Waals surface area contributed by atoms with E-state index in [0.717, 1.165) is 25.9 Å². The fourth-order valence-corrected chi connectivity index (χ4v) is 3.25. The number of ether oxygens (including phenoxy) is 2. The van der Waals surface area contributed by atoms with Crippen LogP contribution < -0.4 is 14.8 Å². The van der Waals surface area contributed by atoms with Gasteiger partial charge in [-0.3, -0.25) is 14.6 Å². The lowest BCUT2D eigenvalue weighted by atomic mass is 10.1. The number of amides is 2. The summed E-state index contributed by atoms with van der Waals surface area (Å²) >= 11 is 6.34. The molecule has 0 atom stereocenters. The number of aromatic nitrogens is 3. The molecule has 3 aromatic rings. The molecule has 3 heterocycles. The average molecular weight is 468 g/mol. The number of halogens is 1. The largest absolute Gasteiger partial charge is 0.493 e. The van der Waals surface area contributed by atoms with E-state index in [4.69, 9.17) is 21.1 Å². The molecule has 1 saturated heterocycles. The van der Waals surface area contributed by atoms with Crippen molar-refractivity contribution in [1.82, 2.24) is 19.9 Å². The van der Waals surface area contributed by atoms with Gasteiger partial charge in [-0.2, -0.15) is 0 Å². The predicted octanol–water partition coefficient (Wildman–Crippen LogP) is 4.20. The lowest BCUT2D eigenvalue weighted by Gasteiger charge is -2.30. The Hall–Kier alpha value is -3.72. The highest BCUT2D eigenvalue weighted by Crippen LogP contribution is 2.31. The maximum Gasteiger partial charge on any atom is 0.257 e. The van der Waals surface area contributed by atoms with Gasteiger partial charge in [0.25, 0.3) is 11.8 Å². The Morgan fingerprint density at radius 3 is 2.55 bits per heavy atom. The zero-order valence-electron chi connectivity index (χ0n) is 18.0. The van der Waals surface area contributed by atoms with E-state index in [-0.39, 0.29) is 16.8 Å². The number of hydrogen-bond donors (Lipinski definition) is 1. The van der Waals surface area contributed by atoms with Crippen molar-refractivity contribution in [2.45, 2.75) is 19.8 Å². The molecule has 0 spiro atoms. The summed E-state index contributed by atoms with van der Waals surface area (Å²) in [5.41, 5.74) is 0.695. The smallest absolute Gasteiger partial charge is 0.257 e. The minimum absolute atomic E-state index is 0.111. The summed E-state index contributed by atoms with van der Waals surface area (Å²) in [6, 6.07) is 6.33. The first-order valence-electron chi connectivity index (χ1n) is 10.5. The summed E-state index contributed by atoms with van der Waals surface area (Å²) < 4.78 is 11.6. The number of nitrogens with zero attached hydrogens (tertiary/aromatic N) is 4. The highest BCUT2D eigenvalue weighted by atomic mass is 35.5. The molecule has 1 N–H and O–H groups in total. The monoisotopic (exact) mass is 467 g/mol. The van der Waals surface area contributed by atoms with E-state index in [1.165, 1.54) is 30.9 Å². The van der Waals surface area contributed by atoms with Crippen molar-refractivity contribution < 1.29 is 19.1 Å². The van der Waals surface area contributed by atoms with Crippen LogP contribution in [0, 0.1) is 0 Å². The van der Waals surface area contributed by atoms with E-state index in [0.29, 0.717) is 35.1 Å². The number of hydrogen-bond acceptors (Lipinski definition) is 7. The third kappa shape index (κ3) is 5.56. The topological polar surface area (TPSA) is 107 Å². The fourth-order valence-electron chi connectivity index (χ4n) is 3.05. The van der Waals surface area contributed by atoms with E-state index in [2.05, 4.69) is 20.3 Å². The average Bonchev–Trinajstić information content (AvgIpc) is 2.78. The Balaban J connectivity index is 1.56. The van der Waals surface area contributed by atoms with Gasteiger partial charge in [0, 0.05) is 43.3 Å². The van der Waals surface area contributed by atoms with Crippen LogP contribution in [0.25, 0.3) is 0 Å². The lowest BCUT2D eigenvalue weighted by Crippen LogP contribution is -2.42. The first-order chi connectivity index (χ1) is 16.0. The van der Waals surface area contributed by atoms with Gasteiger partial charge in [-0.25, -0.2) is 9.97 Å². The van der Waals surface area contributed by atoms with Crippen LogP contribution in [0.4, 0.5) is 5.82 Å². The lowest BCUT2D eigenvalue weighted by molar-refractivity contribution is 0.0651. The second-order valence-corrected chi connectivity index (χ2v) is 7.75. The molecule has 4 rings (SSSR count). The summed E-state index contributed by atoms with van der Waals surface area (Å²) in [5.74, 6) is 0.683. The molecule has 1 fully saturated rings. The van der Waals surface area contributed by atoms with Gasteiger partial charge in [-0.1, -0.05) is 18.5 Å². The van der Waals surface area contributed by atoms with Crippen molar-refractivity contribution in [3.63, 3.8) is 0 Å². The van der Waals surface area contributed by atoms with Gasteiger partial charge in [0.1, 0.15) is 16.5 Å². The number of nitrogens with one attached hydrogen (secondary N) is 1. The van der Waals surface area contributed by atoms with Crippen molar-refractivity contribution in [2.24, 2.45) is 0 Å². The van der Waals surface area contributed by atoms with Crippen LogP contribution in [0.3, 0.4) is 0 Å². The molecular weight excluding hydrogens is 446 g/mol. The zero-order chi connectivity index (χ0) is 23.2. The summed E-state index contributed by atoms with van der Waals surface area (Å²) in [6.07, 6.45) is 7.67. The second kappa shape index (κ2) is 10.3. The van der Waals surface area contributed by atoms with Crippen molar-refractivity contribution in [3.05, 3.63) is 65.2 Å². The van der Waals surface area contributed by atoms with Crippen LogP contribution in [0.1, 0.15) is 40.5 Å². The Morgan fingerprint density at radius 2 is 1.88 bits per heavy atom. The van der Waals surface area contributed by atoms with Crippen LogP contribution in [-0.2, 0) is 0 Å². The molecule has 2 amide bonds. The number of rotatable bonds is 8. The Bertz CT molecular complexity index is 1150. The first-order valence-corrected chi connectivity index (χ1v) is 10.9. The maximum absolute atomic E-state index is 12.8. The molecule has 0 saturated carbocycles. The normalized spacial score (nSPS) is 12.6. The molecule has 9 nitrogen and oxygen atoms in total. The van der Waals surface area contributed by atoms with Gasteiger partial charge in [-0.15, -0.1) is 0 Å². The summed E-state index contributed by atoms with van der Waals surface area (Å²) in [4.78, 5) is 39.1. The van der Waals surface area contributed by atoms with E-state index < -0.39 is 5.91 Å². The Morgan fingerprint density at radius 1 is 1.06 bits per heavy atom. The zero-order valence-corrected chi connectivity index (χ0v) is 18.7. The van der Waals surface area contributed by atoms with Gasteiger partial charge in [-0.05, 0) is 31.0 Å². The number of likely N-dealkylation sites (tertiary alicyclic amines) is 1. The van der Waals surface area contributed by atoms with E-state index in [1.807, 2.05) is 6.92 Å². The van der Waals surface area contributed by atoms with Crippen LogP contribution in [-0.4, -0.2) is 51.4 Å². The molecule has 1 aliphatic rings. The second-order valence-electron chi connectivity index (χ2n) is 7.35. The molecule has 10 heteroatoms. The molecule has 33 heavy (non-hydrogen) atoms. The SMILES string of the molecule is CCCOc1cc(Oc2ncc(C(=O)N3CCC3)cc2Cl)cc(C(=O)Nc2cnccn2)c1. The third-order valence-corrected chi connectivity index (χ3v) is 5.10. The fraction of sp³-hybridized carbons (Fsp3) is 0.261. The minimum Gasteiger partial charge on any atom is -0.493 e. The van der Waals surface area contributed by atoms with Crippen molar-refractivity contribution in [2.75, 3.05) is 25.0 Å². The van der Waals surface area contributed by atoms with Crippen LogP contribution in [0.15, 0.2) is 49.1 Å². The van der Waals surface area contributed by atoms with Crippen molar-refractivity contribution in [3.8, 4) is 17.4 Å². The van der Waals surface area contributed by atoms with Crippen molar-refractivity contribution in [1.29, 1.82) is 0 Å². The van der Waals surface area contributed by atoms with Gasteiger partial charge in [0.05, 0.1) is 18.4 Å². The van der Waals surface area contributed by atoms with E-state index in [1.54, 1.807) is 23.1 Å². The van der Waals surface area contributed by atoms with E-state index >= 15 is 0 Å². The molecule has 0 bridgehead atoms. The molecule has 0 aliphatic carbocycles. The van der Waals surface area contributed by atoms with Gasteiger partial charge in [0.2, 0.25) is 5.88 Å². The predicted molar refractivity (Wildman–Crippen MR) is 122 cm³/mol. The summed E-state index contributed by atoms with van der Waals surface area (Å²) in [5, 5.41) is 2.86. The van der Waals surface area contributed by atoms with E-state index in [9.17, 15) is 9.59 Å². The van der Waals surface area contributed by atoms with Gasteiger partial charge < -0.3 is 19.7 Å². The summed E-state index contributed by atoms with van der Waals surface area (Å²) in [7, 11) is 0. The van der Waals surface area contributed by atoms with Crippen molar-refractivity contribution >= 4 is 29.2 Å². The first kappa shape index (κ1) is 22.5. The van der Waals surface area contributed by atoms with Crippen LogP contribution >= 0.6 is 11.6 Å². The van der Waals surface area contributed by atoms with Gasteiger partial charge >= 0.3 is 0 Å². The molecule has 1 aliphatic heterocycles. The quantitative estimate of drug-likeness (QED) is 0.529. The highest BCUT2D eigenvalue weighted by Gasteiger charge is 2.23.